The SMILES string of the molecule is Cc1oc2nc1C(=O)N[C@@H](C(C)C)c1nc(cs1)C(=O)NCCN(C(=O)CN1CCCCCC1)CCCC(=O)N[C@H]2Cc1ccccc1. The molecule has 13 heteroatoms. The Bertz CT molecular complexity index is 1550. The van der Waals surface area contributed by atoms with Crippen LogP contribution in [0.2, 0.25) is 0 Å². The van der Waals surface area contributed by atoms with Gasteiger partial charge in [-0.1, -0.05) is 57.0 Å². The zero-order chi connectivity index (χ0) is 34.0. The van der Waals surface area contributed by atoms with Crippen molar-refractivity contribution in [2.45, 2.75) is 77.8 Å². The summed E-state index contributed by atoms with van der Waals surface area (Å²) in [4.78, 5) is 66.6. The predicted octanol–water partition coefficient (Wildman–Crippen LogP) is 4.19. The van der Waals surface area contributed by atoms with E-state index in [0.717, 1.165) is 31.5 Å². The molecule has 4 bridgehead atoms. The Morgan fingerprint density at radius 1 is 0.958 bits per heavy atom. The highest BCUT2D eigenvalue weighted by Crippen LogP contribution is 2.27. The zero-order valence-electron chi connectivity index (χ0n) is 28.1. The molecule has 1 aromatic carbocycles. The number of amides is 4. The van der Waals surface area contributed by atoms with Gasteiger partial charge in [0, 0.05) is 37.9 Å². The van der Waals surface area contributed by atoms with E-state index in [1.165, 1.54) is 24.2 Å². The van der Waals surface area contributed by atoms with Gasteiger partial charge in [0.15, 0.2) is 5.69 Å². The highest BCUT2D eigenvalue weighted by atomic mass is 32.1. The minimum Gasteiger partial charge on any atom is -0.443 e. The van der Waals surface area contributed by atoms with Crippen molar-refractivity contribution in [3.63, 3.8) is 0 Å². The molecule has 4 amide bonds. The molecular weight excluding hydrogens is 630 g/mol. The molecule has 2 aromatic heterocycles. The van der Waals surface area contributed by atoms with Crippen molar-refractivity contribution in [3.8, 4) is 0 Å². The van der Waals surface area contributed by atoms with Crippen molar-refractivity contribution in [1.82, 2.24) is 35.7 Å². The van der Waals surface area contributed by atoms with Gasteiger partial charge in [0.2, 0.25) is 17.7 Å². The maximum Gasteiger partial charge on any atom is 0.274 e. The second kappa shape index (κ2) is 16.8. The van der Waals surface area contributed by atoms with Gasteiger partial charge in [-0.25, -0.2) is 9.97 Å². The van der Waals surface area contributed by atoms with Crippen molar-refractivity contribution < 1.29 is 23.6 Å². The Morgan fingerprint density at radius 3 is 2.44 bits per heavy atom. The Labute approximate surface area is 286 Å². The fraction of sp³-hybridized carbons (Fsp3) is 0.543. The molecule has 3 N–H and O–H groups in total. The number of carbonyl (C=O) groups is 4. The van der Waals surface area contributed by atoms with Gasteiger partial charge in [-0.05, 0) is 50.8 Å². The maximum absolute atomic E-state index is 13.5. The van der Waals surface area contributed by atoms with Gasteiger partial charge in [-0.15, -0.1) is 11.3 Å². The Balaban J connectivity index is 1.40. The van der Waals surface area contributed by atoms with Crippen LogP contribution in [0.4, 0.5) is 0 Å². The molecule has 12 nitrogen and oxygen atoms in total. The molecule has 0 spiro atoms. The van der Waals surface area contributed by atoms with Crippen molar-refractivity contribution >= 4 is 35.0 Å². The van der Waals surface area contributed by atoms with Gasteiger partial charge in [0.1, 0.15) is 22.5 Å². The first-order valence-corrected chi connectivity index (χ1v) is 17.9. The number of benzene rings is 1. The van der Waals surface area contributed by atoms with Gasteiger partial charge < -0.3 is 25.3 Å². The van der Waals surface area contributed by atoms with Crippen LogP contribution in [0, 0.1) is 12.8 Å². The van der Waals surface area contributed by atoms with E-state index >= 15 is 0 Å². The third kappa shape index (κ3) is 9.50. The van der Waals surface area contributed by atoms with E-state index in [2.05, 4.69) is 30.8 Å². The van der Waals surface area contributed by atoms with E-state index in [4.69, 9.17) is 4.42 Å². The molecule has 2 aliphatic heterocycles. The molecule has 258 valence electrons. The van der Waals surface area contributed by atoms with Crippen LogP contribution < -0.4 is 16.0 Å². The number of aryl methyl sites for hydroxylation is 1. The van der Waals surface area contributed by atoms with Gasteiger partial charge in [0.25, 0.3) is 11.8 Å². The fourth-order valence-electron chi connectivity index (χ4n) is 6.12. The fourth-order valence-corrected chi connectivity index (χ4v) is 7.14. The molecule has 0 unspecified atom stereocenters. The molecule has 0 aliphatic carbocycles. The minimum absolute atomic E-state index is 0.00935. The van der Waals surface area contributed by atoms with Gasteiger partial charge in [0.05, 0.1) is 12.6 Å². The topological polar surface area (TPSA) is 150 Å². The number of carbonyl (C=O) groups excluding carboxylic acids is 4. The van der Waals surface area contributed by atoms with Crippen molar-refractivity contribution in [2.75, 3.05) is 39.3 Å². The van der Waals surface area contributed by atoms with Crippen molar-refractivity contribution in [2.24, 2.45) is 5.92 Å². The Morgan fingerprint density at radius 2 is 1.71 bits per heavy atom. The lowest BCUT2D eigenvalue weighted by atomic mass is 10.0. The largest absolute Gasteiger partial charge is 0.443 e. The number of nitrogens with one attached hydrogen (secondary N) is 3. The highest BCUT2D eigenvalue weighted by molar-refractivity contribution is 7.09. The zero-order valence-corrected chi connectivity index (χ0v) is 28.9. The number of oxazole rings is 1. The van der Waals surface area contributed by atoms with E-state index in [-0.39, 0.29) is 53.9 Å². The second-order valence-electron chi connectivity index (χ2n) is 13.0. The summed E-state index contributed by atoms with van der Waals surface area (Å²) in [7, 11) is 0. The summed E-state index contributed by atoms with van der Waals surface area (Å²) >= 11 is 1.31. The van der Waals surface area contributed by atoms with Gasteiger partial charge >= 0.3 is 0 Å². The summed E-state index contributed by atoms with van der Waals surface area (Å²) in [5.74, 6) is -0.444. The first kappa shape index (κ1) is 35.2. The number of rotatable bonds is 5. The van der Waals surface area contributed by atoms with Crippen molar-refractivity contribution in [1.29, 1.82) is 0 Å². The Hall–Kier alpha value is -4.10. The number of nitrogens with zero attached hydrogens (tertiary/aromatic N) is 4. The van der Waals surface area contributed by atoms with Crippen molar-refractivity contribution in [3.05, 3.63) is 69.3 Å². The summed E-state index contributed by atoms with van der Waals surface area (Å²) in [5.41, 5.74) is 1.36. The summed E-state index contributed by atoms with van der Waals surface area (Å²) in [6.07, 6.45) is 5.55. The molecule has 0 radical (unpaired) electrons. The van der Waals surface area contributed by atoms with Gasteiger partial charge in [-0.2, -0.15) is 0 Å². The van der Waals surface area contributed by atoms with E-state index in [9.17, 15) is 19.2 Å². The average molecular weight is 678 g/mol. The van der Waals surface area contributed by atoms with Crippen LogP contribution in [0.3, 0.4) is 0 Å². The lowest BCUT2D eigenvalue weighted by Crippen LogP contribution is -2.44. The molecule has 3 aromatic rings. The lowest BCUT2D eigenvalue weighted by molar-refractivity contribution is -0.133. The molecule has 5 rings (SSSR count). The minimum atomic E-state index is -0.607. The smallest absolute Gasteiger partial charge is 0.274 e. The molecule has 48 heavy (non-hydrogen) atoms. The number of fused-ring (bicyclic) bond motifs is 4. The van der Waals surface area contributed by atoms with Crippen LogP contribution in [0.5, 0.6) is 0 Å². The normalized spacial score (nSPS) is 20.8. The average Bonchev–Trinajstić information content (AvgIpc) is 3.62. The second-order valence-corrected chi connectivity index (χ2v) is 13.9. The van der Waals surface area contributed by atoms with E-state index in [1.807, 2.05) is 44.2 Å². The quantitative estimate of drug-likeness (QED) is 0.364. The summed E-state index contributed by atoms with van der Waals surface area (Å²) in [6.45, 7) is 8.66. The van der Waals surface area contributed by atoms with E-state index in [0.29, 0.717) is 43.2 Å². The van der Waals surface area contributed by atoms with Crippen LogP contribution in [0.25, 0.3) is 0 Å². The molecule has 2 atom stereocenters. The van der Waals surface area contributed by atoms with Crippen LogP contribution in [0.15, 0.2) is 40.1 Å². The summed E-state index contributed by atoms with van der Waals surface area (Å²) < 4.78 is 6.03. The monoisotopic (exact) mass is 677 g/mol. The molecule has 2 aliphatic rings. The van der Waals surface area contributed by atoms with E-state index in [1.54, 1.807) is 17.2 Å². The molecular formula is C35H47N7O5S. The van der Waals surface area contributed by atoms with Crippen LogP contribution in [-0.2, 0) is 16.0 Å². The first-order valence-electron chi connectivity index (χ1n) is 17.0. The lowest BCUT2D eigenvalue weighted by Gasteiger charge is -2.27. The summed E-state index contributed by atoms with van der Waals surface area (Å²) in [6, 6.07) is 8.64. The molecule has 0 saturated carbocycles. The highest BCUT2D eigenvalue weighted by Gasteiger charge is 2.29. The number of aromatic nitrogens is 2. The molecule has 1 saturated heterocycles. The third-order valence-electron chi connectivity index (χ3n) is 8.83. The number of likely N-dealkylation sites (tertiary alicyclic amines) is 1. The third-order valence-corrected chi connectivity index (χ3v) is 9.76. The Kier molecular flexibility index (Phi) is 12.3. The summed E-state index contributed by atoms with van der Waals surface area (Å²) in [5, 5.41) is 11.3. The number of thiazole rings is 1. The number of hydrogen-bond acceptors (Lipinski definition) is 9. The standard InChI is InChI=1S/C35H47N7O5S/c1-23(2)30-35-38-27(22-48-35)32(45)36-15-19-42(29(44)21-41-16-9-4-5-10-17-41)18-11-14-28(43)37-26(20-25-12-7-6-8-13-25)34-40-31(24(3)47-34)33(46)39-30/h6-8,12-13,22-23,26,30H,4-5,9-11,14-21H2,1-3H3,(H,36,45)(H,37,43)(H,39,46)/t26-,30-/m0/s1. The van der Waals surface area contributed by atoms with Crippen LogP contribution in [-0.4, -0.2) is 82.7 Å². The molecule has 1 fully saturated rings. The van der Waals surface area contributed by atoms with E-state index < -0.39 is 18.0 Å². The number of hydrogen-bond donors (Lipinski definition) is 3. The maximum atomic E-state index is 13.5. The first-order chi connectivity index (χ1) is 23.2. The van der Waals surface area contributed by atoms with Crippen LogP contribution in [0.1, 0.15) is 108 Å². The van der Waals surface area contributed by atoms with Gasteiger partial charge in [-0.3, -0.25) is 24.1 Å². The molecule has 4 heterocycles. The predicted molar refractivity (Wildman–Crippen MR) is 182 cm³/mol. The van der Waals surface area contributed by atoms with Crippen LogP contribution >= 0.6 is 11.3 Å².